The smallest absolute Gasteiger partial charge is 0.264 e. The highest BCUT2D eigenvalue weighted by Crippen LogP contribution is 2.31. The van der Waals surface area contributed by atoms with Crippen LogP contribution in [0.5, 0.6) is 0 Å². The molecule has 0 radical (unpaired) electrons. The monoisotopic (exact) mass is 531 g/mol. The highest BCUT2D eigenvalue weighted by atomic mass is 32.2. The van der Waals surface area contributed by atoms with Crippen LogP contribution in [0.15, 0.2) is 102 Å². The number of halogens is 1. The summed E-state index contributed by atoms with van der Waals surface area (Å²) in [5, 5.41) is 3.62. The first-order valence-corrected chi connectivity index (χ1v) is 13.7. The van der Waals surface area contributed by atoms with E-state index >= 15 is 0 Å². The van der Waals surface area contributed by atoms with Crippen molar-refractivity contribution in [2.45, 2.75) is 11.8 Å². The average Bonchev–Trinajstić information content (AvgIpc) is 3.32. The molecule has 1 aromatic heterocycles. The number of carbonyl (C=O) groups excluding carboxylic acids is 1. The zero-order valence-electron chi connectivity index (χ0n) is 19.8. The van der Waals surface area contributed by atoms with Gasteiger partial charge in [-0.1, -0.05) is 24.3 Å². The van der Waals surface area contributed by atoms with E-state index in [-0.39, 0.29) is 10.6 Å². The third-order valence-corrected chi connectivity index (χ3v) is 8.55. The Labute approximate surface area is 218 Å². The number of aromatic nitrogens is 1. The maximum atomic E-state index is 13.5. The van der Waals surface area contributed by atoms with Gasteiger partial charge in [-0.05, 0) is 85.3 Å². The lowest BCUT2D eigenvalue weighted by Gasteiger charge is -2.24. The Hall–Kier alpha value is -4.08. The van der Waals surface area contributed by atoms with Gasteiger partial charge in [-0.3, -0.25) is 9.10 Å². The minimum atomic E-state index is -4.07. The summed E-state index contributed by atoms with van der Waals surface area (Å²) in [6, 6.07) is 26.1. The number of nitrogens with one attached hydrogen (secondary N) is 1. The molecule has 1 amide bonds. The quantitative estimate of drug-likeness (QED) is 0.269. The van der Waals surface area contributed by atoms with Gasteiger partial charge in [-0.25, -0.2) is 17.8 Å². The Morgan fingerprint density at radius 3 is 2.35 bits per heavy atom. The molecule has 0 atom stereocenters. The molecule has 1 heterocycles. The number of sulfonamides is 1. The number of aryl methyl sites for hydroxylation is 1. The Morgan fingerprint density at radius 2 is 1.65 bits per heavy atom. The Bertz CT molecular complexity index is 1670. The first kappa shape index (κ1) is 24.6. The lowest BCUT2D eigenvalue weighted by Crippen LogP contribution is -2.38. The van der Waals surface area contributed by atoms with Crippen molar-refractivity contribution in [3.05, 3.63) is 108 Å². The van der Waals surface area contributed by atoms with Crippen molar-refractivity contribution < 1.29 is 17.6 Å². The second kappa shape index (κ2) is 10.1. The summed E-state index contributed by atoms with van der Waals surface area (Å²) in [5.74, 6) is -1.04. The van der Waals surface area contributed by atoms with Gasteiger partial charge in [0, 0.05) is 11.3 Å². The molecule has 0 saturated carbocycles. The van der Waals surface area contributed by atoms with E-state index in [1.165, 1.54) is 29.8 Å². The third-order valence-electron chi connectivity index (χ3n) is 5.69. The number of carbonyl (C=O) groups is 1. The Balaban J connectivity index is 1.36. The van der Waals surface area contributed by atoms with Crippen LogP contribution in [0.1, 0.15) is 5.56 Å². The van der Waals surface area contributed by atoms with Gasteiger partial charge in [-0.2, -0.15) is 0 Å². The molecular weight excluding hydrogens is 509 g/mol. The Kier molecular flexibility index (Phi) is 6.73. The number of anilines is 2. The van der Waals surface area contributed by atoms with Crippen molar-refractivity contribution in [2.24, 2.45) is 0 Å². The maximum absolute atomic E-state index is 13.5. The summed E-state index contributed by atoms with van der Waals surface area (Å²) in [6.45, 7) is 1.56. The van der Waals surface area contributed by atoms with Crippen molar-refractivity contribution in [2.75, 3.05) is 16.2 Å². The van der Waals surface area contributed by atoms with E-state index in [0.717, 1.165) is 37.2 Å². The minimum Gasteiger partial charge on any atom is -0.325 e. The summed E-state index contributed by atoms with van der Waals surface area (Å²) < 4.78 is 42.3. The van der Waals surface area contributed by atoms with E-state index in [2.05, 4.69) is 16.4 Å². The molecule has 0 fully saturated rings. The van der Waals surface area contributed by atoms with Crippen LogP contribution in [0.3, 0.4) is 0 Å². The minimum absolute atomic E-state index is 0.0301. The zero-order chi connectivity index (χ0) is 26.0. The van der Waals surface area contributed by atoms with Crippen LogP contribution in [0, 0.1) is 12.7 Å². The van der Waals surface area contributed by atoms with Crippen LogP contribution in [0.25, 0.3) is 20.8 Å². The van der Waals surface area contributed by atoms with E-state index in [9.17, 15) is 17.6 Å². The molecule has 4 aromatic carbocycles. The summed E-state index contributed by atoms with van der Waals surface area (Å²) >= 11 is 1.59. The molecule has 0 bridgehead atoms. The number of amides is 1. The lowest BCUT2D eigenvalue weighted by atomic mass is 10.2. The molecular formula is C28H22FN3O3S2. The molecule has 186 valence electrons. The molecule has 0 saturated heterocycles. The number of benzene rings is 4. The highest BCUT2D eigenvalue weighted by molar-refractivity contribution is 7.92. The van der Waals surface area contributed by atoms with E-state index < -0.39 is 28.3 Å². The van der Waals surface area contributed by atoms with E-state index in [0.29, 0.717) is 5.69 Å². The summed E-state index contributed by atoms with van der Waals surface area (Å²) in [5.41, 5.74) is 3.72. The molecule has 1 N–H and O–H groups in total. The fourth-order valence-electron chi connectivity index (χ4n) is 3.82. The van der Waals surface area contributed by atoms with Crippen LogP contribution in [-0.2, 0) is 14.8 Å². The van der Waals surface area contributed by atoms with Gasteiger partial charge in [-0.15, -0.1) is 11.3 Å². The van der Waals surface area contributed by atoms with Crippen LogP contribution in [-0.4, -0.2) is 25.9 Å². The molecule has 5 rings (SSSR count). The molecule has 37 heavy (non-hydrogen) atoms. The van der Waals surface area contributed by atoms with Crippen molar-refractivity contribution in [3.8, 4) is 10.6 Å². The molecule has 5 aromatic rings. The fraction of sp³-hybridized carbons (Fsp3) is 0.0714. The number of fused-ring (bicyclic) bond motifs is 1. The van der Waals surface area contributed by atoms with Crippen molar-refractivity contribution in [1.82, 2.24) is 4.98 Å². The van der Waals surface area contributed by atoms with E-state index in [1.807, 2.05) is 31.2 Å². The van der Waals surface area contributed by atoms with Crippen LogP contribution < -0.4 is 9.62 Å². The van der Waals surface area contributed by atoms with Gasteiger partial charge < -0.3 is 5.32 Å². The SMILES string of the molecule is Cc1ccc2nc(-c3ccc(NC(=O)CN(c4ccc(F)cc4)S(=O)(=O)c4ccccc4)cc3)sc2c1. The summed E-state index contributed by atoms with van der Waals surface area (Å²) in [6.07, 6.45) is 0. The standard InChI is InChI=1S/C28H22FN3O3S2/c1-19-7-16-25-26(17-19)36-28(31-25)20-8-12-22(13-9-20)30-27(33)18-32(23-14-10-21(29)11-15-23)37(34,35)24-5-3-2-4-6-24/h2-17H,18H2,1H3,(H,30,33). The van der Waals surface area contributed by atoms with Crippen LogP contribution >= 0.6 is 11.3 Å². The second-order valence-corrected chi connectivity index (χ2v) is 11.3. The summed E-state index contributed by atoms with van der Waals surface area (Å²) in [4.78, 5) is 17.7. The topological polar surface area (TPSA) is 79.4 Å². The molecule has 0 aliphatic heterocycles. The van der Waals surface area contributed by atoms with E-state index in [4.69, 9.17) is 0 Å². The fourth-order valence-corrected chi connectivity index (χ4v) is 6.34. The molecule has 0 aliphatic carbocycles. The number of rotatable bonds is 7. The van der Waals surface area contributed by atoms with Gasteiger partial charge in [0.2, 0.25) is 5.91 Å². The van der Waals surface area contributed by atoms with Gasteiger partial charge in [0.1, 0.15) is 17.4 Å². The largest absolute Gasteiger partial charge is 0.325 e. The molecule has 0 aliphatic rings. The summed E-state index contributed by atoms with van der Waals surface area (Å²) in [7, 11) is -4.07. The number of hydrogen-bond donors (Lipinski definition) is 1. The molecule has 9 heteroatoms. The zero-order valence-corrected chi connectivity index (χ0v) is 21.4. The van der Waals surface area contributed by atoms with Gasteiger partial charge >= 0.3 is 0 Å². The molecule has 6 nitrogen and oxygen atoms in total. The second-order valence-electron chi connectivity index (χ2n) is 8.42. The first-order chi connectivity index (χ1) is 17.8. The molecule has 0 spiro atoms. The predicted octanol–water partition coefficient (Wildman–Crippen LogP) is 6.24. The highest BCUT2D eigenvalue weighted by Gasteiger charge is 2.27. The van der Waals surface area contributed by atoms with Crippen molar-refractivity contribution >= 4 is 48.9 Å². The van der Waals surface area contributed by atoms with Crippen molar-refractivity contribution in [1.29, 1.82) is 0 Å². The van der Waals surface area contributed by atoms with Crippen LogP contribution in [0.2, 0.25) is 0 Å². The van der Waals surface area contributed by atoms with Crippen LogP contribution in [0.4, 0.5) is 15.8 Å². The van der Waals surface area contributed by atoms with E-state index in [1.54, 1.807) is 41.7 Å². The normalized spacial score (nSPS) is 11.4. The number of nitrogens with zero attached hydrogens (tertiary/aromatic N) is 2. The Morgan fingerprint density at radius 1 is 0.946 bits per heavy atom. The van der Waals surface area contributed by atoms with Crippen molar-refractivity contribution in [3.63, 3.8) is 0 Å². The predicted molar refractivity (Wildman–Crippen MR) is 146 cm³/mol. The lowest BCUT2D eigenvalue weighted by molar-refractivity contribution is -0.114. The van der Waals surface area contributed by atoms with Gasteiger partial charge in [0.05, 0.1) is 20.8 Å². The van der Waals surface area contributed by atoms with Gasteiger partial charge in [0.15, 0.2) is 0 Å². The maximum Gasteiger partial charge on any atom is 0.264 e. The number of thiazole rings is 1. The first-order valence-electron chi connectivity index (χ1n) is 11.4. The molecule has 0 unspecified atom stereocenters. The third kappa shape index (κ3) is 5.37. The number of hydrogen-bond acceptors (Lipinski definition) is 5. The average molecular weight is 532 g/mol. The van der Waals surface area contributed by atoms with Gasteiger partial charge in [0.25, 0.3) is 10.0 Å².